The molecule has 2 N–H and O–H groups in total. The molecule has 0 radical (unpaired) electrons. The van der Waals surface area contributed by atoms with Crippen LogP contribution in [0.5, 0.6) is 5.88 Å². The van der Waals surface area contributed by atoms with Crippen LogP contribution in [0.3, 0.4) is 0 Å². The molecule has 2 rings (SSSR count). The number of nitrogens with zero attached hydrogens (tertiary/aromatic N) is 3. The average molecular weight is 307 g/mol. The number of anilines is 1. The van der Waals surface area contributed by atoms with Crippen molar-refractivity contribution in [3.05, 3.63) is 18.2 Å². The predicted octanol–water partition coefficient (Wildman–Crippen LogP) is 1.68. The summed E-state index contributed by atoms with van der Waals surface area (Å²) in [5.41, 5.74) is 0.609. The van der Waals surface area contributed by atoms with Crippen molar-refractivity contribution >= 4 is 17.6 Å². The van der Waals surface area contributed by atoms with E-state index in [-0.39, 0.29) is 6.03 Å². The second-order valence-corrected chi connectivity index (χ2v) is 4.45. The molecule has 8 heteroatoms. The number of hydrogen-bond acceptors (Lipinski definition) is 5. The van der Waals surface area contributed by atoms with E-state index in [1.165, 1.54) is 0 Å². The van der Waals surface area contributed by atoms with Gasteiger partial charge >= 0.3 is 6.03 Å². The third-order valence-electron chi connectivity index (χ3n) is 2.87. The van der Waals surface area contributed by atoms with Crippen LogP contribution >= 0.6 is 0 Å². The van der Waals surface area contributed by atoms with Gasteiger partial charge in [-0.1, -0.05) is 6.07 Å². The van der Waals surface area contributed by atoms with Gasteiger partial charge in [-0.25, -0.2) is 9.20 Å². The van der Waals surface area contributed by atoms with Crippen molar-refractivity contribution in [1.82, 2.24) is 19.9 Å². The zero-order valence-electron chi connectivity index (χ0n) is 12.8. The summed E-state index contributed by atoms with van der Waals surface area (Å²) < 4.78 is 12.4. The first-order chi connectivity index (χ1) is 10.8. The smallest absolute Gasteiger partial charge is 0.321 e. The zero-order chi connectivity index (χ0) is 15.8. The van der Waals surface area contributed by atoms with E-state index < -0.39 is 0 Å². The average Bonchev–Trinajstić information content (AvgIpc) is 2.91. The zero-order valence-corrected chi connectivity index (χ0v) is 12.8. The predicted molar refractivity (Wildman–Crippen MR) is 82.3 cm³/mol. The number of rotatable bonds is 8. The number of hydrogen-bond donors (Lipinski definition) is 2. The highest BCUT2D eigenvalue weighted by atomic mass is 16.5. The Kier molecular flexibility index (Phi) is 5.96. The van der Waals surface area contributed by atoms with Gasteiger partial charge in [0.05, 0.1) is 6.61 Å². The van der Waals surface area contributed by atoms with Crippen molar-refractivity contribution in [1.29, 1.82) is 0 Å². The molecule has 0 saturated heterocycles. The van der Waals surface area contributed by atoms with Gasteiger partial charge in [0.25, 0.3) is 0 Å². The van der Waals surface area contributed by atoms with Crippen LogP contribution in [0.2, 0.25) is 0 Å². The Balaban J connectivity index is 1.97. The summed E-state index contributed by atoms with van der Waals surface area (Å²) in [7, 11) is 0. The third kappa shape index (κ3) is 4.08. The van der Waals surface area contributed by atoms with Gasteiger partial charge in [-0.15, -0.1) is 10.2 Å². The quantitative estimate of drug-likeness (QED) is 0.724. The molecule has 2 amide bonds. The van der Waals surface area contributed by atoms with Gasteiger partial charge in [0.15, 0.2) is 5.65 Å². The maximum absolute atomic E-state index is 11.9. The SMILES string of the molecule is CCOCCCNC(=O)Nc1nnc2cccc(OCC)n12. The molecule has 0 aliphatic rings. The maximum Gasteiger partial charge on any atom is 0.321 e. The van der Waals surface area contributed by atoms with Gasteiger partial charge in [0.2, 0.25) is 11.8 Å². The Hall–Kier alpha value is -2.35. The van der Waals surface area contributed by atoms with Crippen LogP contribution in [0.1, 0.15) is 20.3 Å². The monoisotopic (exact) mass is 307 g/mol. The molecule has 0 atom stereocenters. The highest BCUT2D eigenvalue weighted by molar-refractivity contribution is 5.87. The largest absolute Gasteiger partial charge is 0.479 e. The van der Waals surface area contributed by atoms with E-state index >= 15 is 0 Å². The lowest BCUT2D eigenvalue weighted by Crippen LogP contribution is -2.30. The van der Waals surface area contributed by atoms with Crippen molar-refractivity contribution in [2.75, 3.05) is 31.7 Å². The highest BCUT2D eigenvalue weighted by Gasteiger charge is 2.12. The van der Waals surface area contributed by atoms with Crippen LogP contribution in [-0.2, 0) is 4.74 Å². The van der Waals surface area contributed by atoms with Gasteiger partial charge in [-0.05, 0) is 32.4 Å². The summed E-state index contributed by atoms with van der Waals surface area (Å²) in [6.07, 6.45) is 0.756. The number of aromatic nitrogens is 3. The van der Waals surface area contributed by atoms with Crippen molar-refractivity contribution in [2.45, 2.75) is 20.3 Å². The molecule has 0 aliphatic heterocycles. The number of carbonyl (C=O) groups is 1. The molecule has 0 aliphatic carbocycles. The molecule has 0 fully saturated rings. The van der Waals surface area contributed by atoms with E-state index in [0.29, 0.717) is 43.8 Å². The minimum absolute atomic E-state index is 0.321. The molecule has 2 aromatic heterocycles. The summed E-state index contributed by atoms with van der Waals surface area (Å²) >= 11 is 0. The third-order valence-corrected chi connectivity index (χ3v) is 2.87. The van der Waals surface area contributed by atoms with E-state index in [2.05, 4.69) is 20.8 Å². The van der Waals surface area contributed by atoms with Gasteiger partial charge in [0, 0.05) is 19.8 Å². The van der Waals surface area contributed by atoms with E-state index in [0.717, 1.165) is 6.42 Å². The van der Waals surface area contributed by atoms with Gasteiger partial charge in [-0.3, -0.25) is 5.32 Å². The summed E-state index contributed by atoms with van der Waals surface area (Å²) in [5.74, 6) is 0.901. The van der Waals surface area contributed by atoms with E-state index in [4.69, 9.17) is 9.47 Å². The van der Waals surface area contributed by atoms with Crippen molar-refractivity contribution in [3.8, 4) is 5.88 Å². The normalized spacial score (nSPS) is 10.6. The lowest BCUT2D eigenvalue weighted by molar-refractivity contribution is 0.145. The molecule has 2 heterocycles. The van der Waals surface area contributed by atoms with Gasteiger partial charge in [-0.2, -0.15) is 0 Å². The van der Waals surface area contributed by atoms with Gasteiger partial charge in [0.1, 0.15) is 0 Å². The van der Waals surface area contributed by atoms with E-state index in [9.17, 15) is 4.79 Å². The van der Waals surface area contributed by atoms with Crippen LogP contribution in [0.4, 0.5) is 10.7 Å². The Bertz CT molecular complexity index is 614. The molecule has 0 unspecified atom stereocenters. The first-order valence-corrected chi connectivity index (χ1v) is 7.35. The standard InChI is InChI=1S/C14H21N5O3/c1-3-21-10-6-9-15-14(20)16-13-18-17-11-7-5-8-12(19(11)13)22-4-2/h5,7-8H,3-4,6,9-10H2,1-2H3,(H2,15,16,18,20). The van der Waals surface area contributed by atoms with Gasteiger partial charge < -0.3 is 14.8 Å². The van der Waals surface area contributed by atoms with E-state index in [1.54, 1.807) is 16.5 Å². The van der Waals surface area contributed by atoms with Crippen LogP contribution in [0.15, 0.2) is 18.2 Å². The van der Waals surface area contributed by atoms with Crippen molar-refractivity contribution < 1.29 is 14.3 Å². The number of fused-ring (bicyclic) bond motifs is 1. The minimum Gasteiger partial charge on any atom is -0.479 e. The maximum atomic E-state index is 11.9. The Morgan fingerprint density at radius 1 is 1.27 bits per heavy atom. The topological polar surface area (TPSA) is 89.8 Å². The number of ether oxygens (including phenoxy) is 2. The lowest BCUT2D eigenvalue weighted by atomic mass is 10.4. The number of nitrogens with one attached hydrogen (secondary N) is 2. The Morgan fingerprint density at radius 2 is 2.14 bits per heavy atom. The number of pyridine rings is 1. The molecule has 0 saturated carbocycles. The molecular formula is C14H21N5O3. The second kappa shape index (κ2) is 8.18. The molecule has 22 heavy (non-hydrogen) atoms. The highest BCUT2D eigenvalue weighted by Crippen LogP contribution is 2.18. The Labute approximate surface area is 128 Å². The molecule has 0 bridgehead atoms. The minimum atomic E-state index is -0.336. The van der Waals surface area contributed by atoms with Crippen LogP contribution in [-0.4, -0.2) is 47.0 Å². The number of urea groups is 1. The van der Waals surface area contributed by atoms with Crippen molar-refractivity contribution in [3.63, 3.8) is 0 Å². The molecular weight excluding hydrogens is 286 g/mol. The first-order valence-electron chi connectivity index (χ1n) is 7.35. The fourth-order valence-electron chi connectivity index (χ4n) is 1.92. The second-order valence-electron chi connectivity index (χ2n) is 4.45. The number of carbonyl (C=O) groups excluding carboxylic acids is 1. The summed E-state index contributed by atoms with van der Waals surface area (Å²) in [4.78, 5) is 11.9. The molecule has 0 spiro atoms. The molecule has 0 aromatic carbocycles. The van der Waals surface area contributed by atoms with Crippen molar-refractivity contribution in [2.24, 2.45) is 0 Å². The summed E-state index contributed by atoms with van der Waals surface area (Å²) in [6, 6.07) is 5.08. The fraction of sp³-hybridized carbons (Fsp3) is 0.500. The fourth-order valence-corrected chi connectivity index (χ4v) is 1.92. The Morgan fingerprint density at radius 3 is 2.91 bits per heavy atom. The molecule has 120 valence electrons. The van der Waals surface area contributed by atoms with Crippen LogP contribution in [0.25, 0.3) is 5.65 Å². The first kappa shape index (κ1) is 16.0. The molecule has 2 aromatic rings. The summed E-state index contributed by atoms with van der Waals surface area (Å²) in [6.45, 7) is 6.17. The van der Waals surface area contributed by atoms with Crippen LogP contribution in [0, 0.1) is 0 Å². The number of amides is 2. The lowest BCUT2D eigenvalue weighted by Gasteiger charge is -2.09. The van der Waals surface area contributed by atoms with E-state index in [1.807, 2.05) is 19.9 Å². The van der Waals surface area contributed by atoms with Crippen LogP contribution < -0.4 is 15.4 Å². The summed E-state index contributed by atoms with van der Waals surface area (Å²) in [5, 5.41) is 13.4. The molecule has 8 nitrogen and oxygen atoms in total.